The molecular weight excluding hydrogens is 292 g/mol. The van der Waals surface area contributed by atoms with Crippen LogP contribution in [0.2, 0.25) is 0 Å². The molecule has 3 heterocycles. The second kappa shape index (κ2) is 5.64. The van der Waals surface area contributed by atoms with Crippen LogP contribution in [-0.2, 0) is 0 Å². The number of amides is 1. The van der Waals surface area contributed by atoms with Crippen molar-refractivity contribution in [2.75, 3.05) is 18.0 Å². The van der Waals surface area contributed by atoms with Crippen LogP contribution in [0.25, 0.3) is 0 Å². The minimum Gasteiger partial charge on any atom is -0.366 e. The smallest absolute Gasteiger partial charge is 0.251 e. The van der Waals surface area contributed by atoms with E-state index in [9.17, 15) is 4.79 Å². The summed E-state index contributed by atoms with van der Waals surface area (Å²) in [5, 5.41) is 4.27. The highest BCUT2D eigenvalue weighted by Crippen LogP contribution is 2.35. The number of primary amides is 1. The van der Waals surface area contributed by atoms with E-state index in [1.54, 1.807) is 6.20 Å². The topological polar surface area (TPSA) is 89.9 Å². The Morgan fingerprint density at radius 2 is 2.17 bits per heavy atom. The first kappa shape index (κ1) is 14.2. The first-order valence-corrected chi connectivity index (χ1v) is 8.12. The third-order valence-corrected chi connectivity index (χ3v) is 4.88. The van der Waals surface area contributed by atoms with Gasteiger partial charge in [-0.05, 0) is 25.3 Å². The zero-order valence-corrected chi connectivity index (χ0v) is 12.9. The predicted octanol–water partition coefficient (Wildman–Crippen LogP) is 1.49. The molecule has 1 aliphatic carbocycles. The molecule has 7 nitrogen and oxygen atoms in total. The molecule has 2 N–H and O–H groups in total. The molecule has 1 amide bonds. The summed E-state index contributed by atoms with van der Waals surface area (Å²) in [7, 11) is 0. The summed E-state index contributed by atoms with van der Waals surface area (Å²) in [5.74, 6) is 2.07. The minimum absolute atomic E-state index is 0.241. The number of hydrogen-bond acceptors (Lipinski definition) is 5. The lowest BCUT2D eigenvalue weighted by Crippen LogP contribution is -2.23. The zero-order valence-electron chi connectivity index (χ0n) is 12.9. The third-order valence-electron chi connectivity index (χ3n) is 4.88. The Balaban J connectivity index is 1.48. The van der Waals surface area contributed by atoms with Crippen molar-refractivity contribution in [3.05, 3.63) is 36.0 Å². The molecule has 7 heteroatoms. The van der Waals surface area contributed by atoms with Gasteiger partial charge in [-0.3, -0.25) is 9.48 Å². The van der Waals surface area contributed by atoms with Gasteiger partial charge in [0.1, 0.15) is 11.6 Å². The van der Waals surface area contributed by atoms with Crippen LogP contribution in [0.15, 0.2) is 24.7 Å². The molecule has 1 atom stereocenters. The van der Waals surface area contributed by atoms with E-state index in [0.29, 0.717) is 11.5 Å². The van der Waals surface area contributed by atoms with Crippen molar-refractivity contribution >= 4 is 11.7 Å². The van der Waals surface area contributed by atoms with Gasteiger partial charge in [-0.15, -0.1) is 0 Å². The Morgan fingerprint density at radius 1 is 1.30 bits per heavy atom. The van der Waals surface area contributed by atoms with Crippen molar-refractivity contribution in [1.29, 1.82) is 0 Å². The largest absolute Gasteiger partial charge is 0.366 e. The van der Waals surface area contributed by atoms with Gasteiger partial charge in [-0.25, -0.2) is 9.97 Å². The van der Waals surface area contributed by atoms with Crippen molar-refractivity contribution in [3.8, 4) is 0 Å². The third kappa shape index (κ3) is 2.67. The molecule has 1 unspecified atom stereocenters. The lowest BCUT2D eigenvalue weighted by molar-refractivity contribution is 0.1000. The lowest BCUT2D eigenvalue weighted by Gasteiger charge is -2.25. The molecule has 1 saturated heterocycles. The van der Waals surface area contributed by atoms with E-state index in [2.05, 4.69) is 15.0 Å². The molecule has 120 valence electrons. The van der Waals surface area contributed by atoms with Crippen LogP contribution in [0.4, 0.5) is 5.82 Å². The van der Waals surface area contributed by atoms with Gasteiger partial charge in [0.2, 0.25) is 0 Å². The summed E-state index contributed by atoms with van der Waals surface area (Å²) in [4.78, 5) is 22.6. The maximum Gasteiger partial charge on any atom is 0.251 e. The highest BCUT2D eigenvalue weighted by atomic mass is 16.1. The molecule has 2 aromatic heterocycles. The molecule has 1 aliphatic heterocycles. The van der Waals surface area contributed by atoms with Gasteiger partial charge >= 0.3 is 0 Å². The molecule has 0 radical (unpaired) electrons. The van der Waals surface area contributed by atoms with Gasteiger partial charge in [-0.1, -0.05) is 6.42 Å². The van der Waals surface area contributed by atoms with Gasteiger partial charge in [0.05, 0.1) is 17.8 Å². The fourth-order valence-electron chi connectivity index (χ4n) is 3.23. The summed E-state index contributed by atoms with van der Waals surface area (Å²) < 4.78 is 1.84. The van der Waals surface area contributed by atoms with Crippen LogP contribution >= 0.6 is 0 Å². The van der Waals surface area contributed by atoms with E-state index in [4.69, 9.17) is 10.7 Å². The average molecular weight is 312 g/mol. The van der Waals surface area contributed by atoms with Gasteiger partial charge in [0.15, 0.2) is 0 Å². The quantitative estimate of drug-likeness (QED) is 0.923. The minimum atomic E-state index is -0.438. The van der Waals surface area contributed by atoms with E-state index >= 15 is 0 Å². The summed E-state index contributed by atoms with van der Waals surface area (Å²) in [5.41, 5.74) is 5.74. The van der Waals surface area contributed by atoms with E-state index in [1.165, 1.54) is 25.5 Å². The molecule has 0 spiro atoms. The van der Waals surface area contributed by atoms with Crippen LogP contribution in [0.1, 0.15) is 53.8 Å². The Bertz CT molecular complexity index is 723. The molecule has 4 rings (SSSR count). The second-order valence-electron chi connectivity index (χ2n) is 6.36. The highest BCUT2D eigenvalue weighted by Gasteiger charge is 2.27. The highest BCUT2D eigenvalue weighted by molar-refractivity contribution is 5.92. The fourth-order valence-corrected chi connectivity index (χ4v) is 3.23. The summed E-state index contributed by atoms with van der Waals surface area (Å²) in [6, 6.07) is 2.22. The van der Waals surface area contributed by atoms with Gasteiger partial charge in [0, 0.05) is 31.4 Å². The number of anilines is 1. The zero-order chi connectivity index (χ0) is 15.8. The van der Waals surface area contributed by atoms with E-state index in [1.807, 2.05) is 16.9 Å². The number of hydrogen-bond donors (Lipinski definition) is 1. The standard InChI is InChI=1S/C16H20N6O/c17-15(23)12-8-19-22(9-12)13-5-7-21(10-13)14-4-6-18-16(20-14)11-2-1-3-11/h4,6,8-9,11,13H,1-3,5,7,10H2,(H2,17,23). The lowest BCUT2D eigenvalue weighted by atomic mass is 9.85. The first-order valence-electron chi connectivity index (χ1n) is 8.12. The molecule has 2 aromatic rings. The summed E-state index contributed by atoms with van der Waals surface area (Å²) >= 11 is 0. The predicted molar refractivity (Wildman–Crippen MR) is 85.2 cm³/mol. The molecule has 23 heavy (non-hydrogen) atoms. The molecule has 2 aliphatic rings. The van der Waals surface area contributed by atoms with Gasteiger partial charge in [0.25, 0.3) is 5.91 Å². The van der Waals surface area contributed by atoms with E-state index in [0.717, 1.165) is 31.2 Å². The number of nitrogens with two attached hydrogens (primary N) is 1. The fraction of sp³-hybridized carbons (Fsp3) is 0.500. The summed E-state index contributed by atoms with van der Waals surface area (Å²) in [6.07, 6.45) is 9.79. The molecule has 0 bridgehead atoms. The van der Waals surface area contributed by atoms with Crippen molar-refractivity contribution < 1.29 is 4.79 Å². The number of rotatable bonds is 4. The van der Waals surface area contributed by atoms with Crippen LogP contribution in [0, 0.1) is 0 Å². The van der Waals surface area contributed by atoms with Crippen LogP contribution in [-0.4, -0.2) is 38.7 Å². The van der Waals surface area contributed by atoms with Gasteiger partial charge < -0.3 is 10.6 Å². The van der Waals surface area contributed by atoms with Crippen molar-refractivity contribution in [2.45, 2.75) is 37.6 Å². The van der Waals surface area contributed by atoms with E-state index in [-0.39, 0.29) is 6.04 Å². The SMILES string of the molecule is NC(=O)c1cnn(C2CCN(c3ccnc(C4CCC4)n3)C2)c1. The van der Waals surface area contributed by atoms with E-state index < -0.39 is 5.91 Å². The number of carbonyl (C=O) groups excluding carboxylic acids is 1. The average Bonchev–Trinajstić information content (AvgIpc) is 3.15. The number of aromatic nitrogens is 4. The molecule has 0 aromatic carbocycles. The monoisotopic (exact) mass is 312 g/mol. The maximum atomic E-state index is 11.2. The maximum absolute atomic E-state index is 11.2. The Kier molecular flexibility index (Phi) is 3.48. The Hall–Kier alpha value is -2.44. The van der Waals surface area contributed by atoms with Crippen LogP contribution in [0.3, 0.4) is 0 Å². The number of carbonyl (C=O) groups is 1. The normalized spacial score (nSPS) is 21.4. The Morgan fingerprint density at radius 3 is 2.87 bits per heavy atom. The molecule has 2 fully saturated rings. The summed E-state index contributed by atoms with van der Waals surface area (Å²) in [6.45, 7) is 1.76. The van der Waals surface area contributed by atoms with Crippen molar-refractivity contribution in [1.82, 2.24) is 19.7 Å². The first-order chi connectivity index (χ1) is 11.2. The number of nitrogens with zero attached hydrogens (tertiary/aromatic N) is 5. The molecular formula is C16H20N6O. The van der Waals surface area contributed by atoms with Crippen LogP contribution < -0.4 is 10.6 Å². The van der Waals surface area contributed by atoms with Gasteiger partial charge in [-0.2, -0.15) is 5.10 Å². The Labute approximate surface area is 134 Å². The van der Waals surface area contributed by atoms with Crippen molar-refractivity contribution in [2.24, 2.45) is 5.73 Å². The molecule has 1 saturated carbocycles. The van der Waals surface area contributed by atoms with Crippen LogP contribution in [0.5, 0.6) is 0 Å². The second-order valence-corrected chi connectivity index (χ2v) is 6.36. The van der Waals surface area contributed by atoms with Crippen molar-refractivity contribution in [3.63, 3.8) is 0 Å².